The summed E-state index contributed by atoms with van der Waals surface area (Å²) in [6.07, 6.45) is 1.78. The molecule has 0 aliphatic carbocycles. The molecule has 3 aliphatic heterocycles. The Morgan fingerprint density at radius 3 is 2.33 bits per heavy atom. The van der Waals surface area contributed by atoms with Crippen LogP contribution in [0, 0.1) is 17.6 Å². The van der Waals surface area contributed by atoms with Gasteiger partial charge in [-0.2, -0.15) is 0 Å². The summed E-state index contributed by atoms with van der Waals surface area (Å²) >= 11 is 0. The summed E-state index contributed by atoms with van der Waals surface area (Å²) in [6, 6.07) is 12.8. The molecule has 3 saturated heterocycles. The number of nitrogens with zero attached hydrogens (tertiary/aromatic N) is 1. The zero-order valence-electron chi connectivity index (χ0n) is 13.3. The molecule has 0 saturated carbocycles. The van der Waals surface area contributed by atoms with Crippen molar-refractivity contribution in [2.75, 3.05) is 13.1 Å². The van der Waals surface area contributed by atoms with E-state index in [1.165, 1.54) is 12.1 Å². The van der Waals surface area contributed by atoms with Gasteiger partial charge >= 0.3 is 0 Å². The minimum absolute atomic E-state index is 0.0784. The maximum Gasteiger partial charge on any atom is 0.154 e. The molecule has 2 nitrogen and oxygen atoms in total. The highest BCUT2D eigenvalue weighted by molar-refractivity contribution is 5.89. The third-order valence-corrected chi connectivity index (χ3v) is 5.39. The smallest absolute Gasteiger partial charge is 0.154 e. The Kier molecular flexibility index (Phi) is 3.93. The van der Waals surface area contributed by atoms with Crippen LogP contribution in [0.25, 0.3) is 0 Å². The van der Waals surface area contributed by atoms with Crippen LogP contribution in [0.5, 0.6) is 0 Å². The van der Waals surface area contributed by atoms with Crippen LogP contribution in [0.1, 0.15) is 29.9 Å². The van der Waals surface area contributed by atoms with Gasteiger partial charge in [-0.3, -0.25) is 9.69 Å². The zero-order chi connectivity index (χ0) is 16.7. The van der Waals surface area contributed by atoms with Crippen molar-refractivity contribution in [3.05, 3.63) is 71.3 Å². The Bertz CT molecular complexity index is 753. The average molecular weight is 327 g/mol. The zero-order valence-corrected chi connectivity index (χ0v) is 13.3. The molecule has 4 heteroatoms. The van der Waals surface area contributed by atoms with Gasteiger partial charge in [-0.05, 0) is 43.1 Å². The largest absolute Gasteiger partial charge is 0.298 e. The Morgan fingerprint density at radius 2 is 1.71 bits per heavy atom. The number of carbonyl (C=O) groups excluding carboxylic acids is 1. The number of piperidine rings is 3. The Labute approximate surface area is 140 Å². The van der Waals surface area contributed by atoms with Crippen molar-refractivity contribution in [2.24, 2.45) is 5.92 Å². The van der Waals surface area contributed by atoms with Gasteiger partial charge in [-0.15, -0.1) is 0 Å². The summed E-state index contributed by atoms with van der Waals surface area (Å²) in [7, 11) is 0. The lowest BCUT2D eigenvalue weighted by Crippen LogP contribution is -2.57. The number of fused-ring (bicyclic) bond motifs is 3. The van der Waals surface area contributed by atoms with Gasteiger partial charge < -0.3 is 0 Å². The Balaban J connectivity index is 1.84. The van der Waals surface area contributed by atoms with Crippen LogP contribution in [-0.2, 0) is 4.79 Å². The molecular weight excluding hydrogens is 308 g/mol. The van der Waals surface area contributed by atoms with E-state index in [0.717, 1.165) is 37.6 Å². The van der Waals surface area contributed by atoms with Crippen molar-refractivity contribution >= 4 is 5.78 Å². The fourth-order valence-electron chi connectivity index (χ4n) is 4.20. The van der Waals surface area contributed by atoms with Gasteiger partial charge in [-0.25, -0.2) is 8.78 Å². The summed E-state index contributed by atoms with van der Waals surface area (Å²) in [4.78, 5) is 15.1. The van der Waals surface area contributed by atoms with E-state index in [0.29, 0.717) is 5.56 Å². The second-order valence-electron chi connectivity index (χ2n) is 6.71. The molecule has 124 valence electrons. The van der Waals surface area contributed by atoms with Crippen LogP contribution in [0.15, 0.2) is 48.5 Å². The van der Waals surface area contributed by atoms with E-state index in [1.807, 2.05) is 30.3 Å². The number of hydrogen-bond donors (Lipinski definition) is 0. The highest BCUT2D eigenvalue weighted by Gasteiger charge is 2.46. The molecule has 2 aromatic carbocycles. The van der Waals surface area contributed by atoms with E-state index in [4.69, 9.17) is 0 Å². The Morgan fingerprint density at radius 1 is 1.00 bits per heavy atom. The second-order valence-corrected chi connectivity index (χ2v) is 6.71. The van der Waals surface area contributed by atoms with E-state index in [9.17, 15) is 13.6 Å². The number of Topliss-reactive ketones (excluding diaryl/α,β-unsaturated/α-hetero) is 1. The average Bonchev–Trinajstić information content (AvgIpc) is 2.60. The molecule has 0 N–H and O–H groups in total. The fraction of sp³-hybridized carbons (Fsp3) is 0.350. The number of halogens is 2. The third-order valence-electron chi connectivity index (χ3n) is 5.39. The minimum Gasteiger partial charge on any atom is -0.298 e. The highest BCUT2D eigenvalue weighted by atomic mass is 19.1. The number of hydrogen-bond acceptors (Lipinski definition) is 2. The van der Waals surface area contributed by atoms with E-state index in [1.54, 1.807) is 0 Å². The van der Waals surface area contributed by atoms with Gasteiger partial charge in [-0.1, -0.05) is 36.4 Å². The lowest BCUT2D eigenvalue weighted by molar-refractivity contribution is -0.137. The topological polar surface area (TPSA) is 20.3 Å². The molecule has 3 aliphatic rings. The molecule has 24 heavy (non-hydrogen) atoms. The van der Waals surface area contributed by atoms with Gasteiger partial charge in [0.15, 0.2) is 5.78 Å². The van der Waals surface area contributed by atoms with Crippen molar-refractivity contribution in [3.63, 3.8) is 0 Å². The third kappa shape index (κ3) is 2.55. The van der Waals surface area contributed by atoms with Crippen molar-refractivity contribution in [1.82, 2.24) is 4.90 Å². The first kappa shape index (κ1) is 15.5. The minimum atomic E-state index is -0.597. The number of ketones is 1. The summed E-state index contributed by atoms with van der Waals surface area (Å²) in [5.41, 5.74) is 1.29. The maximum absolute atomic E-state index is 14.5. The van der Waals surface area contributed by atoms with Gasteiger partial charge in [0, 0.05) is 17.9 Å². The van der Waals surface area contributed by atoms with Crippen molar-refractivity contribution < 1.29 is 13.6 Å². The van der Waals surface area contributed by atoms with E-state index in [2.05, 4.69) is 4.90 Å². The molecule has 2 bridgehead atoms. The first-order valence-corrected chi connectivity index (χ1v) is 8.43. The van der Waals surface area contributed by atoms with Gasteiger partial charge in [0.1, 0.15) is 11.6 Å². The molecule has 2 aromatic rings. The van der Waals surface area contributed by atoms with E-state index >= 15 is 0 Å². The van der Waals surface area contributed by atoms with E-state index in [-0.39, 0.29) is 17.7 Å². The molecule has 3 fully saturated rings. The monoisotopic (exact) mass is 327 g/mol. The number of benzene rings is 2. The molecular formula is C20H19F2NO. The van der Waals surface area contributed by atoms with Crippen LogP contribution in [0.3, 0.4) is 0 Å². The van der Waals surface area contributed by atoms with Crippen molar-refractivity contribution in [3.8, 4) is 0 Å². The maximum atomic E-state index is 14.5. The summed E-state index contributed by atoms with van der Waals surface area (Å²) < 4.78 is 27.9. The molecule has 2 atom stereocenters. The summed E-state index contributed by atoms with van der Waals surface area (Å²) in [5, 5.41) is 0. The van der Waals surface area contributed by atoms with Crippen LogP contribution in [0.4, 0.5) is 8.78 Å². The summed E-state index contributed by atoms with van der Waals surface area (Å²) in [6.45, 7) is 1.74. The van der Waals surface area contributed by atoms with Crippen LogP contribution in [-0.4, -0.2) is 29.8 Å². The van der Waals surface area contributed by atoms with Crippen LogP contribution < -0.4 is 0 Å². The molecule has 3 heterocycles. The SMILES string of the molecule is O=C1C2CCN(CC2)C1C(c1ccccc1)c1ccc(F)cc1F. The molecule has 0 spiro atoms. The predicted molar refractivity (Wildman–Crippen MR) is 87.7 cm³/mol. The Hall–Kier alpha value is -2.07. The molecule has 2 unspecified atom stereocenters. The van der Waals surface area contributed by atoms with Crippen LogP contribution >= 0.6 is 0 Å². The number of carbonyl (C=O) groups is 1. The molecule has 5 rings (SSSR count). The highest BCUT2D eigenvalue weighted by Crippen LogP contribution is 2.40. The van der Waals surface area contributed by atoms with E-state index < -0.39 is 17.6 Å². The van der Waals surface area contributed by atoms with Gasteiger partial charge in [0.2, 0.25) is 0 Å². The second kappa shape index (κ2) is 6.10. The van der Waals surface area contributed by atoms with Gasteiger partial charge in [0.05, 0.1) is 6.04 Å². The lowest BCUT2D eigenvalue weighted by Gasteiger charge is -2.47. The summed E-state index contributed by atoms with van der Waals surface area (Å²) in [5.74, 6) is -1.30. The first-order chi connectivity index (χ1) is 11.6. The molecule has 0 radical (unpaired) electrons. The molecule has 0 amide bonds. The fourth-order valence-corrected chi connectivity index (χ4v) is 4.20. The normalized spacial score (nSPS) is 27.2. The van der Waals surface area contributed by atoms with Crippen molar-refractivity contribution in [2.45, 2.75) is 24.8 Å². The molecule has 0 aromatic heterocycles. The number of rotatable bonds is 3. The first-order valence-electron chi connectivity index (χ1n) is 8.43. The standard InChI is InChI=1S/C20H19F2NO/c21-15-6-7-16(17(22)12-15)18(13-4-2-1-3-5-13)19-20(24)14-8-10-23(19)11-9-14/h1-7,12,14,18-19H,8-11H2. The predicted octanol–water partition coefficient (Wildman–Crippen LogP) is 3.76. The van der Waals surface area contributed by atoms with Crippen molar-refractivity contribution in [1.29, 1.82) is 0 Å². The quantitative estimate of drug-likeness (QED) is 0.855. The van der Waals surface area contributed by atoms with Gasteiger partial charge in [0.25, 0.3) is 0 Å². The lowest BCUT2D eigenvalue weighted by atomic mass is 9.73. The van der Waals surface area contributed by atoms with Crippen LogP contribution in [0.2, 0.25) is 0 Å².